The number of piperidine rings is 1. The zero-order chi connectivity index (χ0) is 19.9. The van der Waals surface area contributed by atoms with E-state index in [1.807, 2.05) is 6.07 Å². The normalized spacial score (nSPS) is 19.4. The second-order valence-corrected chi connectivity index (χ2v) is 10.5. The van der Waals surface area contributed by atoms with Gasteiger partial charge in [0.15, 0.2) is 5.96 Å². The largest absolute Gasteiger partial charge is 0.355 e. The maximum Gasteiger partial charge on any atom is 0.252 e. The van der Waals surface area contributed by atoms with Gasteiger partial charge in [-0.3, -0.25) is 9.89 Å². The Balaban J connectivity index is 1.80. The lowest BCUT2D eigenvalue weighted by Gasteiger charge is -2.35. The van der Waals surface area contributed by atoms with Crippen LogP contribution in [0.4, 0.5) is 0 Å². The Morgan fingerprint density at radius 1 is 1.33 bits per heavy atom. The first-order chi connectivity index (χ1) is 12.9. The number of guanidine groups is 1. The summed E-state index contributed by atoms with van der Waals surface area (Å²) in [7, 11) is 1.48. The maximum absolute atomic E-state index is 12.2. The predicted molar refractivity (Wildman–Crippen MR) is 113 cm³/mol. The zero-order valence-corrected chi connectivity index (χ0v) is 18.5. The molecule has 0 aliphatic carbocycles. The second-order valence-electron chi connectivity index (χ2n) is 6.95. The lowest BCUT2D eigenvalue weighted by molar-refractivity contribution is 0.147. The molecule has 1 aromatic heterocycles. The van der Waals surface area contributed by atoms with Crippen LogP contribution in [0.15, 0.2) is 21.3 Å². The Bertz CT molecular complexity index is 715. The highest BCUT2D eigenvalue weighted by Gasteiger charge is 2.21. The van der Waals surface area contributed by atoms with Gasteiger partial charge in [0, 0.05) is 45.2 Å². The van der Waals surface area contributed by atoms with Crippen molar-refractivity contribution in [2.24, 2.45) is 4.99 Å². The van der Waals surface area contributed by atoms with Gasteiger partial charge in [-0.25, -0.2) is 12.7 Å². The molecule has 27 heavy (non-hydrogen) atoms. The molecule has 9 heteroatoms. The molecule has 0 amide bonds. The minimum Gasteiger partial charge on any atom is -0.355 e. The van der Waals surface area contributed by atoms with Gasteiger partial charge in [0.1, 0.15) is 4.21 Å². The summed E-state index contributed by atoms with van der Waals surface area (Å²) in [5.74, 6) is 0.741. The van der Waals surface area contributed by atoms with Crippen LogP contribution in [0.25, 0.3) is 0 Å². The number of rotatable bonds is 8. The molecule has 0 spiro atoms. The van der Waals surface area contributed by atoms with Crippen molar-refractivity contribution in [3.05, 3.63) is 17.0 Å². The molecule has 2 heterocycles. The molecule has 1 aromatic rings. The van der Waals surface area contributed by atoms with E-state index in [-0.39, 0.29) is 0 Å². The van der Waals surface area contributed by atoms with Crippen LogP contribution in [0.3, 0.4) is 0 Å². The number of nitrogens with zero attached hydrogens (tertiary/aromatic N) is 3. The molecule has 0 bridgehead atoms. The van der Waals surface area contributed by atoms with E-state index in [2.05, 4.69) is 27.4 Å². The number of aliphatic imine (C=N–C) groups is 1. The zero-order valence-electron chi connectivity index (χ0n) is 16.9. The average molecular weight is 416 g/mol. The van der Waals surface area contributed by atoms with Gasteiger partial charge in [0.2, 0.25) is 0 Å². The number of nitrogens with one attached hydrogen (secondary N) is 2. The first-order valence-electron chi connectivity index (χ1n) is 9.58. The Kier molecular flexibility index (Phi) is 8.53. The van der Waals surface area contributed by atoms with Gasteiger partial charge >= 0.3 is 0 Å². The minimum atomic E-state index is -3.36. The number of hydrogen-bond acceptors (Lipinski definition) is 5. The standard InChI is InChI=1S/C18H33N5O2S2/c1-5-15-8-6-7-12-23(15)13-11-20-18(19-2)21-14-16-9-10-17(26-16)27(24,25)22(3)4/h9-10,15H,5-8,11-14H2,1-4H3,(H2,19,20,21). The van der Waals surface area contributed by atoms with E-state index in [0.29, 0.717) is 16.8 Å². The first-order valence-corrected chi connectivity index (χ1v) is 11.8. The van der Waals surface area contributed by atoms with E-state index < -0.39 is 10.0 Å². The van der Waals surface area contributed by atoms with Gasteiger partial charge in [-0.1, -0.05) is 13.3 Å². The Morgan fingerprint density at radius 2 is 2.11 bits per heavy atom. The molecule has 2 N–H and O–H groups in total. The monoisotopic (exact) mass is 415 g/mol. The third-order valence-corrected chi connectivity index (χ3v) is 8.31. The fourth-order valence-electron chi connectivity index (χ4n) is 3.30. The third kappa shape index (κ3) is 6.17. The smallest absolute Gasteiger partial charge is 0.252 e. The minimum absolute atomic E-state index is 0.364. The van der Waals surface area contributed by atoms with Gasteiger partial charge in [-0.15, -0.1) is 11.3 Å². The SMILES string of the molecule is CCC1CCCCN1CCNC(=NC)NCc1ccc(S(=O)(=O)N(C)C)s1. The lowest BCUT2D eigenvalue weighted by atomic mass is 10.0. The summed E-state index contributed by atoms with van der Waals surface area (Å²) in [5.41, 5.74) is 0. The molecule has 1 aliphatic rings. The van der Waals surface area contributed by atoms with E-state index in [1.165, 1.54) is 47.9 Å². The van der Waals surface area contributed by atoms with Gasteiger partial charge < -0.3 is 10.6 Å². The van der Waals surface area contributed by atoms with Crippen LogP contribution < -0.4 is 10.6 Å². The van der Waals surface area contributed by atoms with Gasteiger partial charge in [-0.05, 0) is 37.9 Å². The van der Waals surface area contributed by atoms with Crippen LogP contribution in [0.5, 0.6) is 0 Å². The van der Waals surface area contributed by atoms with Crippen LogP contribution in [-0.2, 0) is 16.6 Å². The number of hydrogen-bond donors (Lipinski definition) is 2. The lowest BCUT2D eigenvalue weighted by Crippen LogP contribution is -2.45. The Labute approximate surface area is 167 Å². The molecule has 7 nitrogen and oxygen atoms in total. The van der Waals surface area contributed by atoms with E-state index in [1.54, 1.807) is 27.2 Å². The summed E-state index contributed by atoms with van der Waals surface area (Å²) >= 11 is 1.29. The second kappa shape index (κ2) is 10.4. The topological polar surface area (TPSA) is 77.0 Å². The number of sulfonamides is 1. The highest BCUT2D eigenvalue weighted by Crippen LogP contribution is 2.23. The molecule has 1 atom stereocenters. The third-order valence-electron chi connectivity index (χ3n) is 4.94. The average Bonchev–Trinajstić information content (AvgIpc) is 3.14. The highest BCUT2D eigenvalue weighted by molar-refractivity contribution is 7.91. The summed E-state index contributed by atoms with van der Waals surface area (Å²) in [5, 5.41) is 6.63. The van der Waals surface area contributed by atoms with Crippen LogP contribution >= 0.6 is 11.3 Å². The van der Waals surface area contributed by atoms with E-state index in [4.69, 9.17) is 0 Å². The van der Waals surface area contributed by atoms with Crippen LogP contribution in [0.1, 0.15) is 37.5 Å². The molecule has 0 aromatic carbocycles. The predicted octanol–water partition coefficient (Wildman–Crippen LogP) is 1.93. The molecule has 0 saturated carbocycles. The molecule has 1 saturated heterocycles. The number of thiophene rings is 1. The van der Waals surface area contributed by atoms with E-state index >= 15 is 0 Å². The number of likely N-dealkylation sites (tertiary alicyclic amines) is 1. The maximum atomic E-state index is 12.2. The highest BCUT2D eigenvalue weighted by atomic mass is 32.2. The summed E-state index contributed by atoms with van der Waals surface area (Å²) in [6.45, 7) is 5.87. The van der Waals surface area contributed by atoms with Crippen molar-refractivity contribution in [3.8, 4) is 0 Å². The molecule has 0 radical (unpaired) electrons. The van der Waals surface area contributed by atoms with Crippen molar-refractivity contribution in [1.29, 1.82) is 0 Å². The molecule has 2 rings (SSSR count). The van der Waals surface area contributed by atoms with Crippen LogP contribution in [-0.4, -0.2) is 70.4 Å². The summed E-state index contributed by atoms with van der Waals surface area (Å²) < 4.78 is 25.9. The molecule has 1 aliphatic heterocycles. The molecular weight excluding hydrogens is 382 g/mol. The summed E-state index contributed by atoms with van der Waals surface area (Å²) in [6, 6.07) is 4.22. The van der Waals surface area contributed by atoms with Crippen molar-refractivity contribution in [1.82, 2.24) is 19.8 Å². The van der Waals surface area contributed by atoms with Crippen molar-refractivity contribution in [3.63, 3.8) is 0 Å². The Hall–Kier alpha value is -1.16. The van der Waals surface area contributed by atoms with Crippen LogP contribution in [0.2, 0.25) is 0 Å². The van der Waals surface area contributed by atoms with Crippen molar-refractivity contribution < 1.29 is 8.42 Å². The molecule has 1 unspecified atom stereocenters. The molecule has 154 valence electrons. The van der Waals surface area contributed by atoms with Crippen LogP contribution in [0, 0.1) is 0 Å². The fraction of sp³-hybridized carbons (Fsp3) is 0.722. The Morgan fingerprint density at radius 3 is 2.78 bits per heavy atom. The van der Waals surface area contributed by atoms with Gasteiger partial charge in [0.25, 0.3) is 10.0 Å². The van der Waals surface area contributed by atoms with E-state index in [9.17, 15) is 8.42 Å². The van der Waals surface area contributed by atoms with Crippen molar-refractivity contribution in [2.75, 3.05) is 40.8 Å². The van der Waals surface area contributed by atoms with Gasteiger partial charge in [0.05, 0.1) is 6.54 Å². The first kappa shape index (κ1) is 22.1. The van der Waals surface area contributed by atoms with Gasteiger partial charge in [-0.2, -0.15) is 0 Å². The summed E-state index contributed by atoms with van der Waals surface area (Å²) in [4.78, 5) is 7.79. The quantitative estimate of drug-likeness (QED) is 0.501. The van der Waals surface area contributed by atoms with Crippen molar-refractivity contribution in [2.45, 2.75) is 49.4 Å². The summed E-state index contributed by atoms with van der Waals surface area (Å²) in [6.07, 6.45) is 5.15. The fourth-order valence-corrected chi connectivity index (χ4v) is 5.76. The van der Waals surface area contributed by atoms with E-state index in [0.717, 1.165) is 23.9 Å². The molecular formula is C18H33N5O2S2. The van der Waals surface area contributed by atoms with Crippen molar-refractivity contribution >= 4 is 27.3 Å². The molecule has 1 fully saturated rings.